The summed E-state index contributed by atoms with van der Waals surface area (Å²) in [5, 5.41) is 0.128. The van der Waals surface area contributed by atoms with Crippen molar-refractivity contribution in [1.82, 2.24) is 4.72 Å². The van der Waals surface area contributed by atoms with Gasteiger partial charge in [0.05, 0.1) is 10.7 Å². The van der Waals surface area contributed by atoms with E-state index in [0.717, 1.165) is 0 Å². The first-order valence-electron chi connectivity index (χ1n) is 4.41. The lowest BCUT2D eigenvalue weighted by Gasteiger charge is -2.12. The summed E-state index contributed by atoms with van der Waals surface area (Å²) in [7, 11) is -3.63. The van der Waals surface area contributed by atoms with Gasteiger partial charge in [0.25, 0.3) is 0 Å². The third-order valence-electron chi connectivity index (χ3n) is 1.66. The molecule has 0 aliphatic heterocycles. The summed E-state index contributed by atoms with van der Waals surface area (Å²) in [5.74, 6) is 0. The van der Waals surface area contributed by atoms with Gasteiger partial charge in [0.1, 0.15) is 4.90 Å². The highest BCUT2D eigenvalue weighted by molar-refractivity contribution is 7.89. The summed E-state index contributed by atoms with van der Waals surface area (Å²) in [6.45, 7) is 3.45. The summed E-state index contributed by atoms with van der Waals surface area (Å²) in [6, 6.07) is 4.39. The van der Waals surface area contributed by atoms with Crippen LogP contribution in [0.3, 0.4) is 0 Å². The average Bonchev–Trinajstić information content (AvgIpc) is 1.99. The van der Waals surface area contributed by atoms with E-state index < -0.39 is 10.0 Å². The van der Waals surface area contributed by atoms with Crippen molar-refractivity contribution < 1.29 is 8.42 Å². The Morgan fingerprint density at radius 3 is 2.47 bits per heavy atom. The topological polar surface area (TPSA) is 72.2 Å². The van der Waals surface area contributed by atoms with E-state index in [4.69, 9.17) is 17.3 Å². The zero-order valence-corrected chi connectivity index (χ0v) is 10.1. The van der Waals surface area contributed by atoms with E-state index in [9.17, 15) is 8.42 Å². The fourth-order valence-corrected chi connectivity index (χ4v) is 3.11. The number of nitrogen functional groups attached to an aromatic ring is 1. The Morgan fingerprint density at radius 2 is 2.00 bits per heavy atom. The molecule has 0 fully saturated rings. The van der Waals surface area contributed by atoms with Crippen LogP contribution in [0.5, 0.6) is 0 Å². The highest BCUT2D eigenvalue weighted by Gasteiger charge is 2.21. The van der Waals surface area contributed by atoms with Crippen LogP contribution in [0.15, 0.2) is 23.1 Å². The summed E-state index contributed by atoms with van der Waals surface area (Å²) in [5.41, 5.74) is 5.73. The van der Waals surface area contributed by atoms with Gasteiger partial charge >= 0.3 is 0 Å². The van der Waals surface area contributed by atoms with Gasteiger partial charge in [-0.15, -0.1) is 0 Å². The number of halogens is 1. The van der Waals surface area contributed by atoms with E-state index in [1.165, 1.54) is 12.1 Å². The zero-order chi connectivity index (χ0) is 11.6. The molecule has 0 heterocycles. The van der Waals surface area contributed by atoms with Gasteiger partial charge in [0.15, 0.2) is 0 Å². The SMILES string of the molecule is CC(C)NS(=O)(=O)c1c(N)cccc1Cl. The van der Waals surface area contributed by atoms with Crippen LogP contribution in [0.1, 0.15) is 13.8 Å². The third kappa shape index (κ3) is 2.84. The predicted octanol–water partition coefficient (Wildman–Crippen LogP) is 1.61. The number of anilines is 1. The highest BCUT2D eigenvalue weighted by atomic mass is 35.5. The summed E-state index contributed by atoms with van der Waals surface area (Å²) in [6.07, 6.45) is 0. The Labute approximate surface area is 94.5 Å². The zero-order valence-electron chi connectivity index (χ0n) is 8.49. The number of hydrogen-bond donors (Lipinski definition) is 2. The second-order valence-corrected chi connectivity index (χ2v) is 5.49. The van der Waals surface area contributed by atoms with E-state index >= 15 is 0 Å². The lowest BCUT2D eigenvalue weighted by Crippen LogP contribution is -2.31. The molecule has 0 saturated carbocycles. The quantitative estimate of drug-likeness (QED) is 0.799. The van der Waals surface area contributed by atoms with Crippen LogP contribution in [0.2, 0.25) is 5.02 Å². The molecule has 0 aromatic heterocycles. The first kappa shape index (κ1) is 12.3. The van der Waals surface area contributed by atoms with Gasteiger partial charge in [0.2, 0.25) is 10.0 Å². The second kappa shape index (κ2) is 4.38. The number of rotatable bonds is 3. The average molecular weight is 249 g/mol. The predicted molar refractivity (Wildman–Crippen MR) is 61.3 cm³/mol. The molecule has 0 unspecified atom stereocenters. The molecule has 0 spiro atoms. The maximum Gasteiger partial charge on any atom is 0.244 e. The minimum absolute atomic E-state index is 0.0552. The molecule has 6 heteroatoms. The lowest BCUT2D eigenvalue weighted by molar-refractivity contribution is 0.570. The van der Waals surface area contributed by atoms with E-state index in [-0.39, 0.29) is 21.6 Å². The monoisotopic (exact) mass is 248 g/mol. The molecule has 0 aliphatic carbocycles. The molecule has 0 atom stereocenters. The molecule has 15 heavy (non-hydrogen) atoms. The van der Waals surface area contributed by atoms with Crippen molar-refractivity contribution >= 4 is 27.3 Å². The van der Waals surface area contributed by atoms with E-state index in [2.05, 4.69) is 4.72 Å². The first-order valence-corrected chi connectivity index (χ1v) is 6.27. The minimum atomic E-state index is -3.63. The van der Waals surface area contributed by atoms with Crippen molar-refractivity contribution in [2.45, 2.75) is 24.8 Å². The summed E-state index contributed by atoms with van der Waals surface area (Å²) < 4.78 is 26.0. The third-order valence-corrected chi connectivity index (χ3v) is 3.86. The number of benzene rings is 1. The van der Waals surface area contributed by atoms with Crippen LogP contribution in [0.4, 0.5) is 5.69 Å². The molecular weight excluding hydrogens is 236 g/mol. The lowest BCUT2D eigenvalue weighted by atomic mass is 10.3. The van der Waals surface area contributed by atoms with Gasteiger partial charge < -0.3 is 5.73 Å². The van der Waals surface area contributed by atoms with Crippen molar-refractivity contribution in [3.05, 3.63) is 23.2 Å². The molecule has 0 aliphatic rings. The van der Waals surface area contributed by atoms with Crippen LogP contribution >= 0.6 is 11.6 Å². The smallest absolute Gasteiger partial charge is 0.244 e. The molecule has 0 saturated heterocycles. The molecular formula is C9H13ClN2O2S. The van der Waals surface area contributed by atoms with Gasteiger partial charge in [-0.05, 0) is 26.0 Å². The molecule has 0 amide bonds. The van der Waals surface area contributed by atoms with E-state index in [1.807, 2.05) is 0 Å². The summed E-state index contributed by atoms with van der Waals surface area (Å²) >= 11 is 5.80. The van der Waals surface area contributed by atoms with Crippen molar-refractivity contribution in [1.29, 1.82) is 0 Å². The second-order valence-electron chi connectivity index (χ2n) is 3.43. The maximum atomic E-state index is 11.8. The highest BCUT2D eigenvalue weighted by Crippen LogP contribution is 2.26. The number of nitrogens with one attached hydrogen (secondary N) is 1. The van der Waals surface area contributed by atoms with Crippen molar-refractivity contribution in [3.63, 3.8) is 0 Å². The van der Waals surface area contributed by atoms with Crippen LogP contribution < -0.4 is 10.5 Å². The van der Waals surface area contributed by atoms with Crippen LogP contribution in [0.25, 0.3) is 0 Å². The van der Waals surface area contributed by atoms with E-state index in [0.29, 0.717) is 0 Å². The van der Waals surface area contributed by atoms with Crippen LogP contribution in [-0.2, 0) is 10.0 Å². The molecule has 1 aromatic carbocycles. The Balaban J connectivity index is 3.27. The van der Waals surface area contributed by atoms with E-state index in [1.54, 1.807) is 19.9 Å². The summed E-state index contributed by atoms with van der Waals surface area (Å²) in [4.78, 5) is -0.0552. The van der Waals surface area contributed by atoms with Gasteiger partial charge in [-0.2, -0.15) is 0 Å². The molecule has 1 rings (SSSR count). The minimum Gasteiger partial charge on any atom is -0.398 e. The maximum absolute atomic E-state index is 11.8. The molecule has 1 aromatic rings. The number of hydrogen-bond acceptors (Lipinski definition) is 3. The molecule has 3 N–H and O–H groups in total. The normalized spacial score (nSPS) is 12.0. The molecule has 4 nitrogen and oxygen atoms in total. The Kier molecular flexibility index (Phi) is 3.59. The largest absolute Gasteiger partial charge is 0.398 e. The van der Waals surface area contributed by atoms with Gasteiger partial charge in [-0.25, -0.2) is 13.1 Å². The van der Waals surface area contributed by atoms with Crippen molar-refractivity contribution in [2.75, 3.05) is 5.73 Å². The van der Waals surface area contributed by atoms with Gasteiger partial charge in [0, 0.05) is 6.04 Å². The Hall–Kier alpha value is -0.780. The van der Waals surface area contributed by atoms with Gasteiger partial charge in [-0.1, -0.05) is 17.7 Å². The Bertz CT molecular complexity index is 437. The fourth-order valence-electron chi connectivity index (χ4n) is 1.18. The van der Waals surface area contributed by atoms with Crippen molar-refractivity contribution in [2.24, 2.45) is 0 Å². The van der Waals surface area contributed by atoms with Gasteiger partial charge in [-0.3, -0.25) is 0 Å². The standard InChI is InChI=1S/C9H13ClN2O2S/c1-6(2)12-15(13,14)9-7(10)4-3-5-8(9)11/h3-6,12H,11H2,1-2H3. The Morgan fingerprint density at radius 1 is 1.40 bits per heavy atom. The number of sulfonamides is 1. The van der Waals surface area contributed by atoms with Crippen LogP contribution in [0, 0.1) is 0 Å². The first-order chi connectivity index (χ1) is 6.84. The van der Waals surface area contributed by atoms with Crippen LogP contribution in [-0.4, -0.2) is 14.5 Å². The number of nitrogens with two attached hydrogens (primary N) is 1. The van der Waals surface area contributed by atoms with Crippen molar-refractivity contribution in [3.8, 4) is 0 Å². The molecule has 0 radical (unpaired) electrons. The molecule has 84 valence electrons. The molecule has 0 bridgehead atoms. The fraction of sp³-hybridized carbons (Fsp3) is 0.333.